The van der Waals surface area contributed by atoms with Gasteiger partial charge in [0.1, 0.15) is 0 Å². The van der Waals surface area contributed by atoms with Crippen LogP contribution in [-0.4, -0.2) is 20.5 Å². The first-order valence-corrected chi connectivity index (χ1v) is 3.47. The molecule has 0 unspecified atom stereocenters. The summed E-state index contributed by atoms with van der Waals surface area (Å²) >= 11 is 0. The zero-order chi connectivity index (χ0) is 7.98. The lowest BCUT2D eigenvalue weighted by atomic mass is 10.2. The Bertz CT molecular complexity index is 104. The van der Waals surface area contributed by atoms with Gasteiger partial charge in [0, 0.05) is 14.2 Å². The van der Waals surface area contributed by atoms with Crippen molar-refractivity contribution in [2.45, 2.75) is 26.6 Å². The minimum absolute atomic E-state index is 0.181. The van der Waals surface area contributed by atoms with Crippen LogP contribution < -0.4 is 0 Å². The fourth-order valence-corrected chi connectivity index (χ4v) is 0.582. The summed E-state index contributed by atoms with van der Waals surface area (Å²) in [6.07, 6.45) is 2.84. The van der Waals surface area contributed by atoms with Crippen LogP contribution in [0.3, 0.4) is 0 Å². The van der Waals surface area contributed by atoms with Crippen LogP contribution >= 0.6 is 0 Å². The maximum atomic E-state index is 4.97. The van der Waals surface area contributed by atoms with Gasteiger partial charge in [0.2, 0.25) is 0 Å². The van der Waals surface area contributed by atoms with Gasteiger partial charge >= 0.3 is 0 Å². The van der Waals surface area contributed by atoms with Crippen LogP contribution in [0.25, 0.3) is 0 Å². The first-order valence-electron chi connectivity index (χ1n) is 3.47. The largest absolute Gasteiger partial charge is 0.352 e. The van der Waals surface area contributed by atoms with Gasteiger partial charge in [-0.15, -0.1) is 0 Å². The van der Waals surface area contributed by atoms with Crippen LogP contribution in [0.15, 0.2) is 11.6 Å². The Labute approximate surface area is 62.8 Å². The molecule has 10 heavy (non-hydrogen) atoms. The predicted molar refractivity (Wildman–Crippen MR) is 41.9 cm³/mol. The molecule has 0 spiro atoms. The second kappa shape index (κ2) is 5.45. The summed E-state index contributed by atoms with van der Waals surface area (Å²) in [5.74, 6) is 0. The summed E-state index contributed by atoms with van der Waals surface area (Å²) in [6.45, 7) is 4.17. The van der Waals surface area contributed by atoms with E-state index in [0.29, 0.717) is 0 Å². The van der Waals surface area contributed by atoms with Gasteiger partial charge in [-0.25, -0.2) is 0 Å². The molecule has 0 aromatic carbocycles. The maximum absolute atomic E-state index is 4.97. The third kappa shape index (κ3) is 3.64. The van der Waals surface area contributed by atoms with Crippen LogP contribution in [0.2, 0.25) is 0 Å². The van der Waals surface area contributed by atoms with E-state index in [1.165, 1.54) is 5.57 Å². The van der Waals surface area contributed by atoms with Crippen LogP contribution in [0.1, 0.15) is 20.3 Å². The molecule has 0 aromatic heterocycles. The van der Waals surface area contributed by atoms with E-state index in [1.54, 1.807) is 14.2 Å². The van der Waals surface area contributed by atoms with Gasteiger partial charge in [0.25, 0.3) is 0 Å². The van der Waals surface area contributed by atoms with Gasteiger partial charge < -0.3 is 9.47 Å². The van der Waals surface area contributed by atoms with Crippen molar-refractivity contribution in [1.82, 2.24) is 0 Å². The van der Waals surface area contributed by atoms with E-state index >= 15 is 0 Å². The molecule has 2 heteroatoms. The van der Waals surface area contributed by atoms with Gasteiger partial charge in [-0.05, 0) is 19.4 Å². The fraction of sp³-hybridized carbons (Fsp3) is 0.750. The Hall–Kier alpha value is -0.340. The highest BCUT2D eigenvalue weighted by molar-refractivity contribution is 4.98. The normalized spacial score (nSPS) is 12.7. The van der Waals surface area contributed by atoms with Crippen LogP contribution in [0, 0.1) is 0 Å². The molecule has 0 bridgehead atoms. The summed E-state index contributed by atoms with van der Waals surface area (Å²) in [7, 11) is 3.27. The predicted octanol–water partition coefficient (Wildman–Crippen LogP) is 1.96. The molecule has 0 saturated carbocycles. The van der Waals surface area contributed by atoms with E-state index in [0.717, 1.165) is 6.42 Å². The summed E-state index contributed by atoms with van der Waals surface area (Å²) in [5, 5.41) is 0. The Morgan fingerprint density at radius 1 is 1.40 bits per heavy atom. The summed E-state index contributed by atoms with van der Waals surface area (Å²) < 4.78 is 9.95. The van der Waals surface area contributed by atoms with Crippen molar-refractivity contribution in [3.05, 3.63) is 11.6 Å². The first kappa shape index (κ1) is 9.66. The Morgan fingerprint density at radius 2 is 1.90 bits per heavy atom. The molecule has 0 atom stereocenters. The standard InChI is InChI=1S/C8H16O2/c1-5-7(2)6-8(9-3)10-4/h6,8H,5H2,1-4H3. The van der Waals surface area contributed by atoms with Gasteiger partial charge in [-0.3, -0.25) is 0 Å². The van der Waals surface area contributed by atoms with Gasteiger partial charge in [0.15, 0.2) is 6.29 Å². The SMILES string of the molecule is CCC(C)=CC(OC)OC. The molecule has 60 valence electrons. The van der Waals surface area contributed by atoms with Crippen molar-refractivity contribution in [2.24, 2.45) is 0 Å². The number of rotatable bonds is 4. The highest BCUT2D eigenvalue weighted by Gasteiger charge is 1.98. The number of ether oxygens (including phenoxy) is 2. The molecule has 0 fully saturated rings. The van der Waals surface area contributed by atoms with E-state index in [4.69, 9.17) is 9.47 Å². The van der Waals surface area contributed by atoms with Crippen molar-refractivity contribution < 1.29 is 9.47 Å². The lowest BCUT2D eigenvalue weighted by molar-refractivity contribution is -0.0671. The van der Waals surface area contributed by atoms with Gasteiger partial charge in [-0.1, -0.05) is 12.5 Å². The smallest absolute Gasteiger partial charge is 0.176 e. The van der Waals surface area contributed by atoms with Crippen molar-refractivity contribution in [3.8, 4) is 0 Å². The third-order valence-corrected chi connectivity index (χ3v) is 1.44. The highest BCUT2D eigenvalue weighted by atomic mass is 16.7. The maximum Gasteiger partial charge on any atom is 0.176 e. The van der Waals surface area contributed by atoms with Crippen LogP contribution in [0.5, 0.6) is 0 Å². The second-order valence-corrected chi connectivity index (χ2v) is 2.21. The van der Waals surface area contributed by atoms with Crippen molar-refractivity contribution in [3.63, 3.8) is 0 Å². The van der Waals surface area contributed by atoms with E-state index in [1.807, 2.05) is 6.08 Å². The van der Waals surface area contributed by atoms with E-state index < -0.39 is 0 Å². The summed E-state index contributed by atoms with van der Waals surface area (Å²) in [4.78, 5) is 0. The van der Waals surface area contributed by atoms with E-state index in [9.17, 15) is 0 Å². The topological polar surface area (TPSA) is 18.5 Å². The molecule has 0 saturated heterocycles. The zero-order valence-electron chi connectivity index (χ0n) is 7.18. The molecular weight excluding hydrogens is 128 g/mol. The quantitative estimate of drug-likeness (QED) is 0.443. The lowest BCUT2D eigenvalue weighted by Gasteiger charge is -2.08. The molecule has 0 aliphatic carbocycles. The van der Waals surface area contributed by atoms with Crippen LogP contribution in [0.4, 0.5) is 0 Å². The molecule has 0 heterocycles. The minimum atomic E-state index is -0.181. The Balaban J connectivity index is 3.80. The first-order chi connectivity index (χ1) is 4.74. The zero-order valence-corrected chi connectivity index (χ0v) is 7.18. The summed E-state index contributed by atoms with van der Waals surface area (Å²) in [6, 6.07) is 0. The number of hydrogen-bond donors (Lipinski definition) is 0. The van der Waals surface area contributed by atoms with Crippen molar-refractivity contribution in [2.75, 3.05) is 14.2 Å². The Kier molecular flexibility index (Phi) is 5.26. The average Bonchev–Trinajstić information content (AvgIpc) is 1.99. The second-order valence-electron chi connectivity index (χ2n) is 2.21. The van der Waals surface area contributed by atoms with E-state index in [-0.39, 0.29) is 6.29 Å². The molecule has 0 N–H and O–H groups in total. The number of methoxy groups -OCH3 is 2. The molecule has 0 amide bonds. The van der Waals surface area contributed by atoms with Crippen molar-refractivity contribution >= 4 is 0 Å². The van der Waals surface area contributed by atoms with Crippen LogP contribution in [-0.2, 0) is 9.47 Å². The molecule has 0 aromatic rings. The van der Waals surface area contributed by atoms with Gasteiger partial charge in [0.05, 0.1) is 0 Å². The van der Waals surface area contributed by atoms with Crippen molar-refractivity contribution in [1.29, 1.82) is 0 Å². The highest BCUT2D eigenvalue weighted by Crippen LogP contribution is 2.02. The molecule has 0 aliphatic heterocycles. The Morgan fingerprint density at radius 3 is 2.20 bits per heavy atom. The molecule has 0 rings (SSSR count). The molecular formula is C8H16O2. The van der Waals surface area contributed by atoms with Gasteiger partial charge in [-0.2, -0.15) is 0 Å². The fourth-order valence-electron chi connectivity index (χ4n) is 0.582. The molecule has 0 aliphatic rings. The summed E-state index contributed by atoms with van der Waals surface area (Å²) in [5.41, 5.74) is 1.29. The third-order valence-electron chi connectivity index (χ3n) is 1.44. The number of hydrogen-bond acceptors (Lipinski definition) is 2. The molecule has 0 radical (unpaired) electrons. The average molecular weight is 144 g/mol. The number of allylic oxidation sites excluding steroid dienone is 1. The molecule has 2 nitrogen and oxygen atoms in total. The van der Waals surface area contributed by atoms with E-state index in [2.05, 4.69) is 13.8 Å². The lowest BCUT2D eigenvalue weighted by Crippen LogP contribution is -2.09. The minimum Gasteiger partial charge on any atom is -0.352 e. The monoisotopic (exact) mass is 144 g/mol.